The Bertz CT molecular complexity index is 904. The van der Waals surface area contributed by atoms with E-state index in [4.69, 9.17) is 21.6 Å². The molecule has 0 atom stereocenters. The Hall–Kier alpha value is -2.56. The minimum atomic E-state index is -3.66. The molecule has 0 unspecified atom stereocenters. The van der Waals surface area contributed by atoms with Crippen molar-refractivity contribution in [2.24, 2.45) is 0 Å². The van der Waals surface area contributed by atoms with E-state index in [2.05, 4.69) is 0 Å². The van der Waals surface area contributed by atoms with Gasteiger partial charge in [0.05, 0.1) is 22.9 Å². The first-order valence-electron chi connectivity index (χ1n) is 6.28. The number of ether oxygens (including phenoxy) is 1. The maximum Gasteiger partial charge on any atom is 0.264 e. The van der Waals surface area contributed by atoms with Crippen LogP contribution in [-0.4, -0.2) is 20.6 Å². The van der Waals surface area contributed by atoms with Gasteiger partial charge in [-0.2, -0.15) is 5.26 Å². The largest absolute Gasteiger partial charge is 0.456 e. The van der Waals surface area contributed by atoms with Crippen molar-refractivity contribution >= 4 is 27.5 Å². The van der Waals surface area contributed by atoms with Gasteiger partial charge >= 0.3 is 0 Å². The van der Waals surface area contributed by atoms with Gasteiger partial charge in [-0.05, 0) is 36.4 Å². The summed E-state index contributed by atoms with van der Waals surface area (Å²) >= 11 is 6.05. The van der Waals surface area contributed by atoms with E-state index in [1.165, 1.54) is 18.2 Å². The van der Waals surface area contributed by atoms with E-state index in [0.717, 1.165) is 6.26 Å². The Labute approximate surface area is 138 Å². The molecule has 23 heavy (non-hydrogen) atoms. The van der Waals surface area contributed by atoms with Crippen molar-refractivity contribution in [1.82, 2.24) is 4.72 Å². The minimum absolute atomic E-state index is 0.0820. The van der Waals surface area contributed by atoms with Crippen molar-refractivity contribution in [2.45, 2.75) is 0 Å². The van der Waals surface area contributed by atoms with Crippen LogP contribution in [-0.2, 0) is 10.0 Å². The highest BCUT2D eigenvalue weighted by Crippen LogP contribution is 2.30. The first kappa shape index (κ1) is 16.8. The molecule has 2 rings (SSSR count). The van der Waals surface area contributed by atoms with Gasteiger partial charge in [0.2, 0.25) is 10.0 Å². The number of nitriles is 1. The van der Waals surface area contributed by atoms with Gasteiger partial charge in [-0.1, -0.05) is 17.7 Å². The fraction of sp³-hybridized carbons (Fsp3) is 0.0667. The van der Waals surface area contributed by atoms with Crippen molar-refractivity contribution in [3.8, 4) is 17.6 Å². The molecule has 118 valence electrons. The van der Waals surface area contributed by atoms with E-state index in [0.29, 0.717) is 11.3 Å². The molecule has 0 aliphatic rings. The van der Waals surface area contributed by atoms with Crippen LogP contribution in [0.25, 0.3) is 0 Å². The molecule has 2 aromatic carbocycles. The molecule has 0 radical (unpaired) electrons. The van der Waals surface area contributed by atoms with Crippen molar-refractivity contribution < 1.29 is 17.9 Å². The molecule has 1 amide bonds. The molecule has 6 nitrogen and oxygen atoms in total. The molecule has 2 aromatic rings. The lowest BCUT2D eigenvalue weighted by molar-refractivity contribution is 0.0981. The van der Waals surface area contributed by atoms with Crippen LogP contribution in [0, 0.1) is 11.3 Å². The normalized spacial score (nSPS) is 10.7. The molecular weight excluding hydrogens is 340 g/mol. The van der Waals surface area contributed by atoms with E-state index < -0.39 is 15.9 Å². The molecule has 0 aliphatic carbocycles. The van der Waals surface area contributed by atoms with Crippen molar-refractivity contribution in [3.63, 3.8) is 0 Å². The average molecular weight is 351 g/mol. The molecule has 0 fully saturated rings. The van der Waals surface area contributed by atoms with E-state index >= 15 is 0 Å². The van der Waals surface area contributed by atoms with E-state index in [1.807, 2.05) is 10.8 Å². The summed E-state index contributed by atoms with van der Waals surface area (Å²) in [6, 6.07) is 12.6. The van der Waals surface area contributed by atoms with Gasteiger partial charge in [0.1, 0.15) is 11.5 Å². The lowest BCUT2D eigenvalue weighted by atomic mass is 10.2. The van der Waals surface area contributed by atoms with Crippen molar-refractivity contribution in [2.75, 3.05) is 6.26 Å². The van der Waals surface area contributed by atoms with E-state index in [-0.39, 0.29) is 16.3 Å². The Morgan fingerprint density at radius 2 is 2.00 bits per heavy atom. The molecule has 0 aromatic heterocycles. The fourth-order valence-electron chi connectivity index (χ4n) is 1.71. The lowest BCUT2D eigenvalue weighted by Crippen LogP contribution is -2.29. The Kier molecular flexibility index (Phi) is 4.89. The van der Waals surface area contributed by atoms with Crippen molar-refractivity contribution in [1.29, 1.82) is 5.26 Å². The number of benzene rings is 2. The highest BCUT2D eigenvalue weighted by Gasteiger charge is 2.13. The quantitative estimate of drug-likeness (QED) is 0.914. The summed E-state index contributed by atoms with van der Waals surface area (Å²) in [5.41, 5.74) is 0.515. The maximum atomic E-state index is 11.7. The van der Waals surface area contributed by atoms with Crippen LogP contribution < -0.4 is 9.46 Å². The summed E-state index contributed by atoms with van der Waals surface area (Å²) in [5, 5.41) is 8.98. The van der Waals surface area contributed by atoms with Crippen LogP contribution in [0.4, 0.5) is 0 Å². The number of hydrogen-bond acceptors (Lipinski definition) is 5. The average Bonchev–Trinajstić information content (AvgIpc) is 2.47. The van der Waals surface area contributed by atoms with Gasteiger partial charge in [0, 0.05) is 5.56 Å². The Balaban J connectivity index is 2.23. The highest BCUT2D eigenvalue weighted by molar-refractivity contribution is 7.89. The van der Waals surface area contributed by atoms with Crippen molar-refractivity contribution in [3.05, 3.63) is 58.6 Å². The molecule has 8 heteroatoms. The molecule has 0 bridgehead atoms. The summed E-state index contributed by atoms with van der Waals surface area (Å²) in [6.45, 7) is 0. The summed E-state index contributed by atoms with van der Waals surface area (Å²) in [4.78, 5) is 11.7. The topological polar surface area (TPSA) is 96.3 Å². The molecule has 0 aliphatic heterocycles. The number of rotatable bonds is 4. The third kappa shape index (κ3) is 4.71. The van der Waals surface area contributed by atoms with Gasteiger partial charge in [-0.3, -0.25) is 4.79 Å². The zero-order valence-corrected chi connectivity index (χ0v) is 13.5. The predicted molar refractivity (Wildman–Crippen MR) is 85.0 cm³/mol. The van der Waals surface area contributed by atoms with E-state index in [9.17, 15) is 13.2 Å². The molecule has 0 spiro atoms. The van der Waals surface area contributed by atoms with Gasteiger partial charge in [0.15, 0.2) is 0 Å². The third-order valence-corrected chi connectivity index (χ3v) is 3.51. The summed E-state index contributed by atoms with van der Waals surface area (Å²) in [5.74, 6) is -0.0932. The number of nitrogens with zero attached hydrogens (tertiary/aromatic N) is 1. The monoisotopic (exact) mass is 350 g/mol. The Morgan fingerprint density at radius 1 is 1.26 bits per heavy atom. The van der Waals surface area contributed by atoms with Gasteiger partial charge in [0.25, 0.3) is 5.91 Å². The highest BCUT2D eigenvalue weighted by atomic mass is 35.5. The van der Waals surface area contributed by atoms with Crippen LogP contribution >= 0.6 is 11.6 Å². The SMILES string of the molecule is CS(=O)(=O)NC(=O)c1ccc(Oc2cccc(C#N)c2)c(Cl)c1. The van der Waals surface area contributed by atoms with E-state index in [1.54, 1.807) is 24.3 Å². The third-order valence-electron chi connectivity index (χ3n) is 2.66. The first-order valence-corrected chi connectivity index (χ1v) is 8.55. The van der Waals surface area contributed by atoms with Crippen LogP contribution in [0.2, 0.25) is 5.02 Å². The Morgan fingerprint density at radius 3 is 2.61 bits per heavy atom. The summed E-state index contributed by atoms with van der Waals surface area (Å²) < 4.78 is 29.5. The fourth-order valence-corrected chi connectivity index (χ4v) is 2.38. The minimum Gasteiger partial charge on any atom is -0.456 e. The van der Waals surface area contributed by atoms with Gasteiger partial charge in [-0.15, -0.1) is 0 Å². The molecular formula is C15H11ClN2O4S. The number of amides is 1. The number of halogens is 1. The zero-order chi connectivity index (χ0) is 17.0. The first-order chi connectivity index (χ1) is 10.8. The number of carbonyl (C=O) groups is 1. The second-order valence-corrected chi connectivity index (χ2v) is 6.75. The standard InChI is InChI=1S/C15H11ClN2O4S/c1-23(20,21)18-15(19)11-5-6-14(13(16)8-11)22-12-4-2-3-10(7-12)9-17/h2-8H,1H3,(H,18,19). The molecule has 1 N–H and O–H groups in total. The predicted octanol–water partition coefficient (Wildman–Crippen LogP) is 2.69. The zero-order valence-electron chi connectivity index (χ0n) is 11.9. The number of carbonyl (C=O) groups excluding carboxylic acids is 1. The van der Waals surface area contributed by atoms with Gasteiger partial charge < -0.3 is 4.74 Å². The van der Waals surface area contributed by atoms with Crippen LogP contribution in [0.5, 0.6) is 11.5 Å². The second-order valence-electron chi connectivity index (χ2n) is 4.59. The summed E-state index contributed by atoms with van der Waals surface area (Å²) in [6.07, 6.45) is 0.881. The molecule has 0 saturated heterocycles. The lowest BCUT2D eigenvalue weighted by Gasteiger charge is -2.09. The van der Waals surface area contributed by atoms with Crippen LogP contribution in [0.15, 0.2) is 42.5 Å². The van der Waals surface area contributed by atoms with Crippen LogP contribution in [0.1, 0.15) is 15.9 Å². The molecule has 0 saturated carbocycles. The molecule has 0 heterocycles. The number of nitrogens with one attached hydrogen (secondary N) is 1. The smallest absolute Gasteiger partial charge is 0.264 e. The second kappa shape index (κ2) is 6.69. The van der Waals surface area contributed by atoms with Gasteiger partial charge in [-0.25, -0.2) is 13.1 Å². The van der Waals surface area contributed by atoms with Crippen LogP contribution in [0.3, 0.4) is 0 Å². The number of hydrogen-bond donors (Lipinski definition) is 1. The summed E-state index contributed by atoms with van der Waals surface area (Å²) in [7, 11) is -3.66. The number of sulfonamides is 1. The maximum absolute atomic E-state index is 11.7.